The molecule has 2 heterocycles. The Morgan fingerprint density at radius 1 is 1.22 bits per heavy atom. The predicted molar refractivity (Wildman–Crippen MR) is 69.8 cm³/mol. The minimum Gasteiger partial charge on any atom is -0.468 e. The van der Waals surface area contributed by atoms with E-state index in [4.69, 9.17) is 16.3 Å². The average Bonchev–Trinajstić information content (AvgIpc) is 2.61. The lowest BCUT2D eigenvalue weighted by Gasteiger charge is -2.16. The van der Waals surface area contributed by atoms with E-state index in [2.05, 4.69) is 22.1 Å². The van der Waals surface area contributed by atoms with Crippen LogP contribution in [-0.4, -0.2) is 9.97 Å². The summed E-state index contributed by atoms with van der Waals surface area (Å²) >= 11 is 5.87. The zero-order valence-electron chi connectivity index (χ0n) is 9.84. The number of benzene rings is 1. The van der Waals surface area contributed by atoms with Crippen LogP contribution in [0.5, 0.6) is 5.88 Å². The van der Waals surface area contributed by atoms with Crippen molar-refractivity contribution in [3.63, 3.8) is 0 Å². The first-order valence-corrected chi connectivity index (χ1v) is 6.44. The Hall–Kier alpha value is -1.61. The van der Waals surface area contributed by atoms with Crippen LogP contribution in [0.15, 0.2) is 36.5 Å². The summed E-state index contributed by atoms with van der Waals surface area (Å²) in [6.45, 7) is 0. The molecule has 1 aliphatic heterocycles. The number of nitrogens with zero attached hydrogens (tertiary/aromatic N) is 2. The van der Waals surface area contributed by atoms with Gasteiger partial charge in [0.2, 0.25) is 5.88 Å². The molecule has 0 radical (unpaired) electrons. The molecule has 0 fully saturated rings. The quantitative estimate of drug-likeness (QED) is 0.786. The van der Waals surface area contributed by atoms with Gasteiger partial charge in [-0.25, -0.2) is 0 Å². The lowest BCUT2D eigenvalue weighted by atomic mass is 10.0. The molecule has 0 saturated carbocycles. The van der Waals surface area contributed by atoms with Gasteiger partial charge in [0.05, 0.1) is 6.20 Å². The van der Waals surface area contributed by atoms with E-state index in [1.165, 1.54) is 5.56 Å². The molecular formula is C14H13ClN2O. The first-order valence-electron chi connectivity index (χ1n) is 6.06. The monoisotopic (exact) mass is 260 g/mol. The highest BCUT2D eigenvalue weighted by atomic mass is 35.5. The summed E-state index contributed by atoms with van der Waals surface area (Å²) in [4.78, 5) is 8.52. The summed E-state index contributed by atoms with van der Waals surface area (Å²) in [5.74, 6) is 0.578. The Bertz CT molecular complexity index is 545. The Labute approximate surface area is 111 Å². The third kappa shape index (κ3) is 2.31. The van der Waals surface area contributed by atoms with Crippen molar-refractivity contribution in [3.8, 4) is 5.88 Å². The largest absolute Gasteiger partial charge is 0.468 e. The molecule has 2 aromatic rings. The van der Waals surface area contributed by atoms with E-state index in [1.807, 2.05) is 18.2 Å². The van der Waals surface area contributed by atoms with E-state index >= 15 is 0 Å². The van der Waals surface area contributed by atoms with Gasteiger partial charge in [-0.05, 0) is 24.8 Å². The van der Waals surface area contributed by atoms with Crippen LogP contribution in [0.2, 0.25) is 5.15 Å². The van der Waals surface area contributed by atoms with Crippen molar-refractivity contribution in [1.82, 2.24) is 9.97 Å². The first kappa shape index (κ1) is 11.5. The molecule has 92 valence electrons. The smallest absolute Gasteiger partial charge is 0.237 e. The number of halogens is 1. The Balaban J connectivity index is 1.92. The SMILES string of the molecule is Clc1cnc2c(n1)O[C@H](c1ccccc1)CCC2. The Kier molecular flexibility index (Phi) is 3.15. The fourth-order valence-corrected chi connectivity index (χ4v) is 2.32. The summed E-state index contributed by atoms with van der Waals surface area (Å²) in [5.41, 5.74) is 2.07. The van der Waals surface area contributed by atoms with Gasteiger partial charge in [0.15, 0.2) is 5.15 Å². The topological polar surface area (TPSA) is 35.0 Å². The predicted octanol–water partition coefficient (Wildman–Crippen LogP) is 3.59. The Morgan fingerprint density at radius 2 is 2.06 bits per heavy atom. The van der Waals surface area contributed by atoms with Crippen molar-refractivity contribution in [2.24, 2.45) is 0 Å². The maximum absolute atomic E-state index is 5.97. The van der Waals surface area contributed by atoms with Crippen molar-refractivity contribution < 1.29 is 4.74 Å². The molecule has 4 heteroatoms. The van der Waals surface area contributed by atoms with E-state index in [1.54, 1.807) is 6.20 Å². The molecule has 1 atom stereocenters. The molecule has 0 bridgehead atoms. The third-order valence-corrected chi connectivity index (χ3v) is 3.27. The molecule has 0 aliphatic carbocycles. The summed E-state index contributed by atoms with van der Waals surface area (Å²) in [6, 6.07) is 10.2. The van der Waals surface area contributed by atoms with Gasteiger partial charge < -0.3 is 4.74 Å². The van der Waals surface area contributed by atoms with Gasteiger partial charge in [-0.15, -0.1) is 0 Å². The standard InChI is InChI=1S/C14H13ClN2O/c15-13-9-16-11-7-4-8-12(18-14(11)17-13)10-5-2-1-3-6-10/h1-3,5-6,9,12H,4,7-8H2/t12-/m0/s1. The molecule has 0 unspecified atom stereocenters. The number of ether oxygens (including phenoxy) is 1. The summed E-state index contributed by atoms with van der Waals surface area (Å²) in [6.07, 6.45) is 4.53. The Morgan fingerprint density at radius 3 is 2.89 bits per heavy atom. The van der Waals surface area contributed by atoms with E-state index < -0.39 is 0 Å². The third-order valence-electron chi connectivity index (χ3n) is 3.09. The lowest BCUT2D eigenvalue weighted by Crippen LogP contribution is -2.07. The number of hydrogen-bond donors (Lipinski definition) is 0. The van der Waals surface area contributed by atoms with Crippen molar-refractivity contribution in [1.29, 1.82) is 0 Å². The second kappa shape index (κ2) is 4.94. The minimum atomic E-state index is 0.0419. The van der Waals surface area contributed by atoms with Gasteiger partial charge in [0, 0.05) is 0 Å². The average molecular weight is 261 g/mol. The second-order valence-corrected chi connectivity index (χ2v) is 4.74. The molecule has 18 heavy (non-hydrogen) atoms. The molecule has 1 aromatic carbocycles. The second-order valence-electron chi connectivity index (χ2n) is 4.35. The van der Waals surface area contributed by atoms with Crippen molar-refractivity contribution in [2.75, 3.05) is 0 Å². The maximum Gasteiger partial charge on any atom is 0.237 e. The van der Waals surface area contributed by atoms with E-state index in [-0.39, 0.29) is 6.10 Å². The van der Waals surface area contributed by atoms with Gasteiger partial charge in [0.1, 0.15) is 11.8 Å². The number of rotatable bonds is 1. The van der Waals surface area contributed by atoms with Crippen LogP contribution in [0.25, 0.3) is 0 Å². The van der Waals surface area contributed by atoms with Crippen molar-refractivity contribution >= 4 is 11.6 Å². The van der Waals surface area contributed by atoms with Gasteiger partial charge in [-0.2, -0.15) is 4.98 Å². The van der Waals surface area contributed by atoms with E-state index in [9.17, 15) is 0 Å². The number of hydrogen-bond acceptors (Lipinski definition) is 3. The first-order chi connectivity index (χ1) is 8.83. The number of fused-ring (bicyclic) bond motifs is 1. The van der Waals surface area contributed by atoms with Gasteiger partial charge >= 0.3 is 0 Å². The molecule has 3 nitrogen and oxygen atoms in total. The fraction of sp³-hybridized carbons (Fsp3) is 0.286. The minimum absolute atomic E-state index is 0.0419. The molecular weight excluding hydrogens is 248 g/mol. The van der Waals surface area contributed by atoms with Crippen molar-refractivity contribution in [2.45, 2.75) is 25.4 Å². The van der Waals surface area contributed by atoms with Gasteiger partial charge in [-0.3, -0.25) is 4.98 Å². The molecule has 0 amide bonds. The zero-order valence-corrected chi connectivity index (χ0v) is 10.6. The molecule has 0 saturated heterocycles. The number of aryl methyl sites for hydroxylation is 1. The van der Waals surface area contributed by atoms with Crippen LogP contribution in [-0.2, 0) is 6.42 Å². The van der Waals surface area contributed by atoms with Crippen LogP contribution in [0.3, 0.4) is 0 Å². The van der Waals surface area contributed by atoms with Gasteiger partial charge in [-0.1, -0.05) is 41.9 Å². The summed E-state index contributed by atoms with van der Waals surface area (Å²) in [5, 5.41) is 0.377. The molecule has 0 spiro atoms. The van der Waals surface area contributed by atoms with E-state index in [0.29, 0.717) is 11.0 Å². The highest BCUT2D eigenvalue weighted by Gasteiger charge is 2.21. The van der Waals surface area contributed by atoms with Crippen LogP contribution in [0, 0.1) is 0 Å². The van der Waals surface area contributed by atoms with Gasteiger partial charge in [0.25, 0.3) is 0 Å². The molecule has 1 aliphatic rings. The van der Waals surface area contributed by atoms with Crippen molar-refractivity contribution in [3.05, 3.63) is 52.9 Å². The summed E-state index contributed by atoms with van der Waals surface area (Å²) < 4.78 is 5.97. The van der Waals surface area contributed by atoms with Crippen LogP contribution in [0.1, 0.15) is 30.2 Å². The zero-order chi connectivity index (χ0) is 12.4. The number of aromatic nitrogens is 2. The van der Waals surface area contributed by atoms with Crippen LogP contribution >= 0.6 is 11.6 Å². The van der Waals surface area contributed by atoms with Crippen LogP contribution < -0.4 is 4.74 Å². The van der Waals surface area contributed by atoms with Crippen LogP contribution in [0.4, 0.5) is 0 Å². The molecule has 0 N–H and O–H groups in total. The maximum atomic E-state index is 5.97. The van der Waals surface area contributed by atoms with E-state index in [0.717, 1.165) is 25.0 Å². The lowest BCUT2D eigenvalue weighted by molar-refractivity contribution is 0.191. The highest BCUT2D eigenvalue weighted by Crippen LogP contribution is 2.31. The molecule has 3 rings (SSSR count). The molecule has 1 aromatic heterocycles. The fourth-order valence-electron chi connectivity index (χ4n) is 2.19. The highest BCUT2D eigenvalue weighted by molar-refractivity contribution is 6.29. The summed E-state index contributed by atoms with van der Waals surface area (Å²) in [7, 11) is 0. The normalized spacial score (nSPS) is 18.6.